The third-order valence-corrected chi connectivity index (χ3v) is 6.09. The van der Waals surface area contributed by atoms with Crippen LogP contribution < -0.4 is 10.1 Å². The highest BCUT2D eigenvalue weighted by molar-refractivity contribution is 6.32. The van der Waals surface area contributed by atoms with E-state index in [4.69, 9.17) is 32.4 Å². The number of benzene rings is 3. The maximum atomic E-state index is 12.8. The summed E-state index contributed by atoms with van der Waals surface area (Å²) in [5.74, 6) is 0.410. The molecule has 1 N–H and O–H groups in total. The number of halogens is 2. The van der Waals surface area contributed by atoms with E-state index in [2.05, 4.69) is 5.32 Å². The number of fused-ring (bicyclic) bond motifs is 1. The summed E-state index contributed by atoms with van der Waals surface area (Å²) in [6, 6.07) is 16.9. The van der Waals surface area contributed by atoms with Crippen LogP contribution in [0.3, 0.4) is 0 Å². The Balaban J connectivity index is 1.73. The second-order valence-corrected chi connectivity index (χ2v) is 8.51. The molecule has 168 valence electrons. The Morgan fingerprint density at radius 1 is 1.12 bits per heavy atom. The van der Waals surface area contributed by atoms with Crippen LogP contribution in [0.1, 0.15) is 25.0 Å². The molecule has 4 rings (SSSR count). The van der Waals surface area contributed by atoms with Crippen LogP contribution in [0.5, 0.6) is 5.75 Å². The molecule has 0 aliphatic heterocycles. The number of hydrogen-bond donors (Lipinski definition) is 1. The predicted octanol–water partition coefficient (Wildman–Crippen LogP) is 8.16. The quantitative estimate of drug-likeness (QED) is 0.283. The zero-order valence-corrected chi connectivity index (χ0v) is 20.1. The van der Waals surface area contributed by atoms with E-state index in [0.29, 0.717) is 33.7 Å². The number of ether oxygens (including phenoxy) is 1. The summed E-state index contributed by atoms with van der Waals surface area (Å²) >= 11 is 12.2. The molecule has 0 aliphatic carbocycles. The van der Waals surface area contributed by atoms with E-state index < -0.39 is 0 Å². The number of carbonyl (C=O) groups excluding carboxylic acids is 1. The highest BCUT2D eigenvalue weighted by Gasteiger charge is 2.15. The van der Waals surface area contributed by atoms with Crippen LogP contribution in [0.2, 0.25) is 10.0 Å². The van der Waals surface area contributed by atoms with Crippen molar-refractivity contribution >= 4 is 51.3 Å². The molecular weight excluding hydrogens is 457 g/mol. The van der Waals surface area contributed by atoms with Gasteiger partial charge in [0.05, 0.1) is 12.9 Å². The SMILES string of the molecule is CCOc1cc2occ(-c3ccc(Cl)cc3)c2cc1/C(C)=C/C(=O)Nc1cccc(Cl)c1C. The Morgan fingerprint density at radius 3 is 2.61 bits per heavy atom. The molecule has 1 amide bonds. The molecule has 33 heavy (non-hydrogen) atoms. The smallest absolute Gasteiger partial charge is 0.248 e. The van der Waals surface area contributed by atoms with Crippen LogP contribution in [0.15, 0.2) is 71.4 Å². The zero-order valence-electron chi connectivity index (χ0n) is 18.5. The summed E-state index contributed by atoms with van der Waals surface area (Å²) in [5.41, 5.74) is 5.72. The topological polar surface area (TPSA) is 51.5 Å². The van der Waals surface area contributed by atoms with Crippen molar-refractivity contribution in [2.24, 2.45) is 0 Å². The van der Waals surface area contributed by atoms with Gasteiger partial charge in [-0.05, 0) is 67.8 Å². The van der Waals surface area contributed by atoms with Gasteiger partial charge in [0, 0.05) is 44.4 Å². The largest absolute Gasteiger partial charge is 0.493 e. The van der Waals surface area contributed by atoms with Gasteiger partial charge in [-0.25, -0.2) is 0 Å². The molecular formula is C27H23Cl2NO3. The van der Waals surface area contributed by atoms with Gasteiger partial charge in [0.25, 0.3) is 0 Å². The lowest BCUT2D eigenvalue weighted by Gasteiger charge is -2.12. The minimum absolute atomic E-state index is 0.245. The van der Waals surface area contributed by atoms with Crippen LogP contribution in [0.25, 0.3) is 27.7 Å². The second-order valence-electron chi connectivity index (χ2n) is 7.66. The van der Waals surface area contributed by atoms with Crippen LogP contribution in [0, 0.1) is 6.92 Å². The van der Waals surface area contributed by atoms with Gasteiger partial charge in [-0.3, -0.25) is 4.79 Å². The standard InChI is InChI=1S/C27H23Cl2NO3/c1-4-32-25-14-26-21(22(15-33-26)18-8-10-19(28)11-9-18)13-20(25)16(2)12-27(31)30-24-7-5-6-23(29)17(24)3/h5-15H,4H2,1-3H3,(H,30,31)/b16-12+. The zero-order chi connectivity index (χ0) is 23.5. The van der Waals surface area contributed by atoms with Gasteiger partial charge in [-0.1, -0.05) is 41.4 Å². The normalized spacial score (nSPS) is 11.6. The fourth-order valence-electron chi connectivity index (χ4n) is 3.68. The minimum Gasteiger partial charge on any atom is -0.493 e. The molecule has 4 nitrogen and oxygen atoms in total. The Labute approximate surface area is 202 Å². The van der Waals surface area contributed by atoms with Gasteiger partial charge in [0.2, 0.25) is 5.91 Å². The molecule has 0 aliphatic rings. The monoisotopic (exact) mass is 479 g/mol. The molecule has 0 saturated heterocycles. The number of amides is 1. The van der Waals surface area contributed by atoms with Gasteiger partial charge in [0.1, 0.15) is 11.3 Å². The number of furan rings is 1. The van der Waals surface area contributed by atoms with E-state index in [0.717, 1.165) is 33.2 Å². The lowest BCUT2D eigenvalue weighted by atomic mass is 9.99. The van der Waals surface area contributed by atoms with Crippen molar-refractivity contribution in [3.63, 3.8) is 0 Å². The summed E-state index contributed by atoms with van der Waals surface area (Å²) in [5, 5.41) is 5.11. The average molecular weight is 480 g/mol. The van der Waals surface area contributed by atoms with Crippen LogP contribution in [0.4, 0.5) is 5.69 Å². The molecule has 0 atom stereocenters. The van der Waals surface area contributed by atoms with Gasteiger partial charge in [-0.15, -0.1) is 0 Å². The van der Waals surface area contributed by atoms with E-state index in [1.54, 1.807) is 24.5 Å². The summed E-state index contributed by atoms with van der Waals surface area (Å²) in [6.07, 6.45) is 3.28. The van der Waals surface area contributed by atoms with Gasteiger partial charge < -0.3 is 14.5 Å². The number of nitrogens with one attached hydrogen (secondary N) is 1. The maximum absolute atomic E-state index is 12.8. The van der Waals surface area contributed by atoms with Crippen molar-refractivity contribution in [2.75, 3.05) is 11.9 Å². The Kier molecular flexibility index (Phi) is 6.77. The number of anilines is 1. The molecule has 4 aromatic rings. The molecule has 1 aromatic heterocycles. The highest BCUT2D eigenvalue weighted by Crippen LogP contribution is 2.38. The Bertz CT molecular complexity index is 1350. The molecule has 3 aromatic carbocycles. The first-order valence-electron chi connectivity index (χ1n) is 10.6. The molecule has 0 unspecified atom stereocenters. The summed E-state index contributed by atoms with van der Waals surface area (Å²) in [6.45, 7) is 6.16. The van der Waals surface area contributed by atoms with Crippen molar-refractivity contribution in [1.82, 2.24) is 0 Å². The Morgan fingerprint density at radius 2 is 1.88 bits per heavy atom. The van der Waals surface area contributed by atoms with Crippen LogP contribution in [-0.4, -0.2) is 12.5 Å². The lowest BCUT2D eigenvalue weighted by Crippen LogP contribution is -2.10. The molecule has 0 spiro atoms. The second kappa shape index (κ2) is 9.74. The first-order chi connectivity index (χ1) is 15.9. The first kappa shape index (κ1) is 23.0. The number of rotatable bonds is 6. The lowest BCUT2D eigenvalue weighted by molar-refractivity contribution is -0.111. The third kappa shape index (κ3) is 4.92. The summed E-state index contributed by atoms with van der Waals surface area (Å²) in [7, 11) is 0. The summed E-state index contributed by atoms with van der Waals surface area (Å²) < 4.78 is 11.7. The molecule has 0 saturated carbocycles. The van der Waals surface area contributed by atoms with Crippen molar-refractivity contribution in [1.29, 1.82) is 0 Å². The first-order valence-corrected chi connectivity index (χ1v) is 11.3. The van der Waals surface area contributed by atoms with E-state index in [9.17, 15) is 4.79 Å². The van der Waals surface area contributed by atoms with Crippen molar-refractivity contribution in [2.45, 2.75) is 20.8 Å². The third-order valence-electron chi connectivity index (χ3n) is 5.43. The fourth-order valence-corrected chi connectivity index (χ4v) is 3.98. The van der Waals surface area contributed by atoms with E-state index in [1.165, 1.54) is 0 Å². The van der Waals surface area contributed by atoms with E-state index in [1.807, 2.05) is 63.2 Å². The van der Waals surface area contributed by atoms with Gasteiger partial charge in [0.15, 0.2) is 0 Å². The molecule has 1 heterocycles. The van der Waals surface area contributed by atoms with Gasteiger partial charge in [-0.2, -0.15) is 0 Å². The maximum Gasteiger partial charge on any atom is 0.248 e. The molecule has 0 radical (unpaired) electrons. The van der Waals surface area contributed by atoms with Gasteiger partial charge >= 0.3 is 0 Å². The minimum atomic E-state index is -0.245. The van der Waals surface area contributed by atoms with Crippen LogP contribution >= 0.6 is 23.2 Å². The molecule has 6 heteroatoms. The van der Waals surface area contributed by atoms with Crippen molar-refractivity contribution < 1.29 is 13.9 Å². The number of carbonyl (C=O) groups is 1. The van der Waals surface area contributed by atoms with E-state index >= 15 is 0 Å². The molecule has 0 fully saturated rings. The van der Waals surface area contributed by atoms with Crippen molar-refractivity contribution in [3.05, 3.63) is 88.1 Å². The number of allylic oxidation sites excluding steroid dienone is 1. The Hall–Kier alpha value is -3.21. The highest BCUT2D eigenvalue weighted by atomic mass is 35.5. The van der Waals surface area contributed by atoms with Crippen molar-refractivity contribution in [3.8, 4) is 16.9 Å². The summed E-state index contributed by atoms with van der Waals surface area (Å²) in [4.78, 5) is 12.8. The fraction of sp³-hybridized carbons (Fsp3) is 0.148. The number of hydrogen-bond acceptors (Lipinski definition) is 3. The average Bonchev–Trinajstić information content (AvgIpc) is 3.20. The van der Waals surface area contributed by atoms with Crippen LogP contribution in [-0.2, 0) is 4.79 Å². The van der Waals surface area contributed by atoms with E-state index in [-0.39, 0.29) is 5.91 Å². The molecule has 0 bridgehead atoms. The predicted molar refractivity (Wildman–Crippen MR) is 136 cm³/mol.